The summed E-state index contributed by atoms with van der Waals surface area (Å²) < 4.78 is 5.21. The number of methoxy groups -OCH3 is 1. The van der Waals surface area contributed by atoms with E-state index in [1.807, 2.05) is 47.4 Å². The fourth-order valence-electron chi connectivity index (χ4n) is 3.66. The maximum atomic E-state index is 13.1. The minimum atomic E-state index is -0.230. The van der Waals surface area contributed by atoms with Crippen molar-refractivity contribution in [1.82, 2.24) is 9.88 Å². The first kappa shape index (κ1) is 16.4. The van der Waals surface area contributed by atoms with E-state index in [1.165, 1.54) is 0 Å². The molecule has 2 heterocycles. The summed E-state index contributed by atoms with van der Waals surface area (Å²) in [5, 5.41) is 1.37. The molecule has 0 aliphatic carbocycles. The van der Waals surface area contributed by atoms with E-state index in [0.717, 1.165) is 29.5 Å². The van der Waals surface area contributed by atoms with Gasteiger partial charge in [-0.2, -0.15) is 0 Å². The van der Waals surface area contributed by atoms with Gasteiger partial charge < -0.3 is 14.6 Å². The van der Waals surface area contributed by atoms with Crippen LogP contribution in [0.1, 0.15) is 34.9 Å². The lowest BCUT2D eigenvalue weighted by atomic mass is 10.0. The van der Waals surface area contributed by atoms with E-state index in [2.05, 4.69) is 4.98 Å². The predicted octanol–water partition coefficient (Wildman–Crippen LogP) is 3.51. The molecule has 0 bridgehead atoms. The number of rotatable bonds is 3. The molecule has 3 aromatic rings. The van der Waals surface area contributed by atoms with Crippen molar-refractivity contribution in [2.75, 3.05) is 13.7 Å². The summed E-state index contributed by atoms with van der Waals surface area (Å²) in [7, 11) is 1.64. The molecule has 1 aromatic heterocycles. The largest absolute Gasteiger partial charge is 0.497 e. The van der Waals surface area contributed by atoms with Crippen molar-refractivity contribution in [2.45, 2.75) is 18.9 Å². The number of nitrogens with one attached hydrogen (secondary N) is 1. The van der Waals surface area contributed by atoms with Crippen LogP contribution in [0.2, 0.25) is 0 Å². The molecule has 1 aliphatic heterocycles. The van der Waals surface area contributed by atoms with Gasteiger partial charge in [0.25, 0.3) is 11.5 Å². The van der Waals surface area contributed by atoms with E-state index in [1.54, 1.807) is 19.2 Å². The van der Waals surface area contributed by atoms with Gasteiger partial charge in [0.2, 0.25) is 0 Å². The van der Waals surface area contributed by atoms with Gasteiger partial charge in [0.15, 0.2) is 0 Å². The zero-order valence-corrected chi connectivity index (χ0v) is 14.6. The highest BCUT2D eigenvalue weighted by Crippen LogP contribution is 2.33. The lowest BCUT2D eigenvalue weighted by Gasteiger charge is -2.25. The van der Waals surface area contributed by atoms with Crippen LogP contribution in [-0.4, -0.2) is 29.4 Å². The van der Waals surface area contributed by atoms with Gasteiger partial charge in [-0.3, -0.25) is 9.59 Å². The Morgan fingerprint density at radius 2 is 1.92 bits per heavy atom. The molecule has 1 atom stereocenters. The molecule has 5 heteroatoms. The number of fused-ring (bicyclic) bond motifs is 1. The molecule has 2 aromatic carbocycles. The standard InChI is InChI=1S/C21H20N2O3/c1-26-16-10-8-14(9-11-16)19-7-4-12-23(19)21(25)18-13-15-5-2-3-6-17(15)20(24)22-18/h2-3,5-6,8-11,13,19H,4,7,12H2,1H3,(H,22,24). The highest BCUT2D eigenvalue weighted by atomic mass is 16.5. The van der Waals surface area contributed by atoms with E-state index < -0.39 is 0 Å². The summed E-state index contributed by atoms with van der Waals surface area (Å²) >= 11 is 0. The fourth-order valence-corrected chi connectivity index (χ4v) is 3.66. The smallest absolute Gasteiger partial charge is 0.270 e. The summed E-state index contributed by atoms with van der Waals surface area (Å²) in [4.78, 5) is 30.0. The van der Waals surface area contributed by atoms with Crippen molar-refractivity contribution < 1.29 is 9.53 Å². The van der Waals surface area contributed by atoms with Gasteiger partial charge >= 0.3 is 0 Å². The van der Waals surface area contributed by atoms with Crippen LogP contribution >= 0.6 is 0 Å². The zero-order valence-electron chi connectivity index (χ0n) is 14.6. The third-order valence-electron chi connectivity index (χ3n) is 5.00. The van der Waals surface area contributed by atoms with Crippen LogP contribution in [0.3, 0.4) is 0 Å². The molecule has 1 amide bonds. The van der Waals surface area contributed by atoms with E-state index in [9.17, 15) is 9.59 Å². The zero-order chi connectivity index (χ0) is 18.1. The van der Waals surface area contributed by atoms with Crippen LogP contribution in [0.5, 0.6) is 5.75 Å². The second-order valence-corrected chi connectivity index (χ2v) is 6.53. The Morgan fingerprint density at radius 1 is 1.15 bits per heavy atom. The average Bonchev–Trinajstić information content (AvgIpc) is 3.17. The Balaban J connectivity index is 1.67. The summed E-state index contributed by atoms with van der Waals surface area (Å²) in [5.74, 6) is 0.662. The van der Waals surface area contributed by atoms with Crippen LogP contribution in [0.15, 0.2) is 59.4 Å². The maximum absolute atomic E-state index is 13.1. The van der Waals surface area contributed by atoms with Crippen molar-refractivity contribution in [3.8, 4) is 5.75 Å². The number of carbonyl (C=O) groups excluding carboxylic acids is 1. The highest BCUT2D eigenvalue weighted by molar-refractivity contribution is 5.96. The number of aromatic nitrogens is 1. The molecule has 4 rings (SSSR count). The van der Waals surface area contributed by atoms with Crippen LogP contribution in [0, 0.1) is 0 Å². The van der Waals surface area contributed by atoms with Crippen molar-refractivity contribution in [2.24, 2.45) is 0 Å². The van der Waals surface area contributed by atoms with Crippen LogP contribution in [0.4, 0.5) is 0 Å². The van der Waals surface area contributed by atoms with Crippen molar-refractivity contribution in [3.63, 3.8) is 0 Å². The third-order valence-corrected chi connectivity index (χ3v) is 5.00. The van der Waals surface area contributed by atoms with Gasteiger partial charge in [-0.1, -0.05) is 30.3 Å². The molecular formula is C21H20N2O3. The number of nitrogens with zero attached hydrogens (tertiary/aromatic N) is 1. The first-order valence-electron chi connectivity index (χ1n) is 8.74. The molecule has 0 saturated carbocycles. The van der Waals surface area contributed by atoms with Crippen LogP contribution in [0.25, 0.3) is 10.8 Å². The Labute approximate surface area is 151 Å². The number of pyridine rings is 1. The summed E-state index contributed by atoms with van der Waals surface area (Å²) in [6.45, 7) is 0.685. The number of benzene rings is 2. The maximum Gasteiger partial charge on any atom is 0.270 e. The number of hydrogen-bond donors (Lipinski definition) is 1. The monoisotopic (exact) mass is 348 g/mol. The van der Waals surface area contributed by atoms with Gasteiger partial charge in [-0.25, -0.2) is 0 Å². The third kappa shape index (κ3) is 2.86. The molecule has 1 unspecified atom stereocenters. The lowest BCUT2D eigenvalue weighted by Crippen LogP contribution is -2.32. The van der Waals surface area contributed by atoms with E-state index >= 15 is 0 Å². The fraction of sp³-hybridized carbons (Fsp3) is 0.238. The normalized spacial score (nSPS) is 16.8. The van der Waals surface area contributed by atoms with Gasteiger partial charge in [0.05, 0.1) is 13.2 Å². The number of carbonyl (C=O) groups is 1. The number of likely N-dealkylation sites (tertiary alicyclic amines) is 1. The first-order chi connectivity index (χ1) is 12.7. The van der Waals surface area contributed by atoms with Gasteiger partial charge in [-0.05, 0) is 48.1 Å². The molecule has 1 saturated heterocycles. The molecule has 0 radical (unpaired) electrons. The van der Waals surface area contributed by atoms with Crippen LogP contribution < -0.4 is 10.3 Å². The first-order valence-corrected chi connectivity index (χ1v) is 8.74. The van der Waals surface area contributed by atoms with E-state index in [-0.39, 0.29) is 17.5 Å². The molecule has 132 valence electrons. The van der Waals surface area contributed by atoms with Gasteiger partial charge in [0.1, 0.15) is 11.4 Å². The SMILES string of the molecule is COc1ccc(C2CCCN2C(=O)c2cc3ccccc3c(=O)[nH]2)cc1. The summed E-state index contributed by atoms with van der Waals surface area (Å²) in [6.07, 6.45) is 1.86. The average molecular weight is 348 g/mol. The molecule has 1 fully saturated rings. The molecule has 1 N–H and O–H groups in total. The molecule has 5 nitrogen and oxygen atoms in total. The van der Waals surface area contributed by atoms with Gasteiger partial charge in [0, 0.05) is 11.9 Å². The number of ether oxygens (including phenoxy) is 1. The number of hydrogen-bond acceptors (Lipinski definition) is 3. The Morgan fingerprint density at radius 3 is 2.69 bits per heavy atom. The van der Waals surface area contributed by atoms with Gasteiger partial charge in [-0.15, -0.1) is 0 Å². The highest BCUT2D eigenvalue weighted by Gasteiger charge is 2.31. The minimum Gasteiger partial charge on any atom is -0.497 e. The number of amides is 1. The summed E-state index contributed by atoms with van der Waals surface area (Å²) in [6, 6.07) is 16.9. The number of H-pyrrole nitrogens is 1. The van der Waals surface area contributed by atoms with Crippen LogP contribution in [-0.2, 0) is 0 Å². The second kappa shape index (κ2) is 6.67. The van der Waals surface area contributed by atoms with E-state index in [4.69, 9.17) is 4.74 Å². The second-order valence-electron chi connectivity index (χ2n) is 6.53. The lowest BCUT2D eigenvalue weighted by molar-refractivity contribution is 0.0729. The minimum absolute atomic E-state index is 0.0170. The topological polar surface area (TPSA) is 62.4 Å². The summed E-state index contributed by atoms with van der Waals surface area (Å²) in [5.41, 5.74) is 1.19. The molecule has 26 heavy (non-hydrogen) atoms. The number of aromatic amines is 1. The molecular weight excluding hydrogens is 328 g/mol. The Hall–Kier alpha value is -3.08. The Kier molecular flexibility index (Phi) is 4.21. The Bertz CT molecular complexity index is 1010. The molecule has 0 spiro atoms. The predicted molar refractivity (Wildman–Crippen MR) is 101 cm³/mol. The van der Waals surface area contributed by atoms with Crippen molar-refractivity contribution >= 4 is 16.7 Å². The van der Waals surface area contributed by atoms with Crippen molar-refractivity contribution in [3.05, 3.63) is 76.2 Å². The van der Waals surface area contributed by atoms with Crippen molar-refractivity contribution in [1.29, 1.82) is 0 Å². The molecule has 1 aliphatic rings. The quantitative estimate of drug-likeness (QED) is 0.788. The van der Waals surface area contributed by atoms with E-state index in [0.29, 0.717) is 17.6 Å².